The Bertz CT molecular complexity index is 1120. The van der Waals surface area contributed by atoms with Gasteiger partial charge in [-0.25, -0.2) is 0 Å². The summed E-state index contributed by atoms with van der Waals surface area (Å²) in [5, 5.41) is 34.9. The summed E-state index contributed by atoms with van der Waals surface area (Å²) in [7, 11) is 0. The highest BCUT2D eigenvalue weighted by Crippen LogP contribution is 2.41. The Balaban J connectivity index is 1.66. The molecule has 3 rings (SSSR count). The van der Waals surface area contributed by atoms with Gasteiger partial charge in [-0.2, -0.15) is 13.2 Å². The van der Waals surface area contributed by atoms with E-state index in [1.165, 1.54) is 36.4 Å². The van der Waals surface area contributed by atoms with E-state index in [0.717, 1.165) is 17.2 Å². The molecule has 0 aliphatic rings. The van der Waals surface area contributed by atoms with E-state index in [0.29, 0.717) is 13.1 Å². The lowest BCUT2D eigenvalue weighted by Gasteiger charge is -2.19. The van der Waals surface area contributed by atoms with Crippen molar-refractivity contribution in [2.24, 2.45) is 0 Å². The summed E-state index contributed by atoms with van der Waals surface area (Å²) in [6.07, 6.45) is -5.98. The highest BCUT2D eigenvalue weighted by molar-refractivity contribution is 5.74. The van der Waals surface area contributed by atoms with Crippen molar-refractivity contribution in [3.63, 3.8) is 0 Å². The van der Waals surface area contributed by atoms with Crippen LogP contribution in [-0.2, 0) is 24.1 Å². The van der Waals surface area contributed by atoms with E-state index in [1.807, 2.05) is 24.3 Å². The SMILES string of the molecule is O=C(O)CCNCc1ccc(CNC(O)c2ccc(-c3ccccc3O)c(C(F)(F)F)c2)cc1. The monoisotopic (exact) mass is 474 g/mol. The molecule has 6 nitrogen and oxygen atoms in total. The number of benzene rings is 3. The van der Waals surface area contributed by atoms with Gasteiger partial charge in [0.1, 0.15) is 12.0 Å². The van der Waals surface area contributed by atoms with Crippen LogP contribution in [0.5, 0.6) is 5.75 Å². The number of aliphatic carboxylic acids is 1. The fourth-order valence-electron chi connectivity index (χ4n) is 3.44. The lowest BCUT2D eigenvalue weighted by Crippen LogP contribution is -2.21. The summed E-state index contributed by atoms with van der Waals surface area (Å²) >= 11 is 0. The van der Waals surface area contributed by atoms with Crippen LogP contribution < -0.4 is 10.6 Å². The zero-order chi connectivity index (χ0) is 24.7. The largest absolute Gasteiger partial charge is 0.507 e. The van der Waals surface area contributed by atoms with Gasteiger partial charge in [0.25, 0.3) is 0 Å². The maximum absolute atomic E-state index is 13.7. The Morgan fingerprint density at radius 2 is 1.56 bits per heavy atom. The maximum atomic E-state index is 13.7. The highest BCUT2D eigenvalue weighted by Gasteiger charge is 2.35. The third-order valence-electron chi connectivity index (χ3n) is 5.23. The molecule has 0 spiro atoms. The number of aliphatic hydroxyl groups is 1. The van der Waals surface area contributed by atoms with Crippen LogP contribution >= 0.6 is 0 Å². The van der Waals surface area contributed by atoms with Crippen molar-refractivity contribution in [1.29, 1.82) is 0 Å². The maximum Gasteiger partial charge on any atom is 0.417 e. The van der Waals surface area contributed by atoms with Gasteiger partial charge in [0, 0.05) is 25.2 Å². The van der Waals surface area contributed by atoms with Crippen LogP contribution in [0.3, 0.4) is 0 Å². The van der Waals surface area contributed by atoms with Crippen LogP contribution in [0.1, 0.15) is 34.9 Å². The van der Waals surface area contributed by atoms with Crippen LogP contribution in [0, 0.1) is 0 Å². The molecule has 34 heavy (non-hydrogen) atoms. The van der Waals surface area contributed by atoms with E-state index >= 15 is 0 Å². The number of halogens is 3. The van der Waals surface area contributed by atoms with Crippen molar-refractivity contribution in [3.05, 3.63) is 89.0 Å². The molecule has 180 valence electrons. The number of carboxylic acid groups (broad SMARTS) is 1. The minimum Gasteiger partial charge on any atom is -0.507 e. The topological polar surface area (TPSA) is 102 Å². The minimum atomic E-state index is -4.68. The fraction of sp³-hybridized carbons (Fsp3) is 0.240. The predicted molar refractivity (Wildman–Crippen MR) is 121 cm³/mol. The lowest BCUT2D eigenvalue weighted by atomic mass is 9.96. The Kier molecular flexibility index (Phi) is 8.27. The van der Waals surface area contributed by atoms with Gasteiger partial charge >= 0.3 is 12.1 Å². The van der Waals surface area contributed by atoms with E-state index in [1.54, 1.807) is 0 Å². The summed E-state index contributed by atoms with van der Waals surface area (Å²) in [6, 6.07) is 16.6. The molecular formula is C25H25F3N2O4. The molecule has 1 atom stereocenters. The van der Waals surface area contributed by atoms with Crippen LogP contribution in [0.4, 0.5) is 13.2 Å². The van der Waals surface area contributed by atoms with Crippen molar-refractivity contribution < 1.29 is 33.3 Å². The second kappa shape index (κ2) is 11.1. The molecule has 0 fully saturated rings. The Morgan fingerprint density at radius 3 is 2.18 bits per heavy atom. The summed E-state index contributed by atoms with van der Waals surface area (Å²) in [4.78, 5) is 10.5. The van der Waals surface area contributed by atoms with Gasteiger partial charge < -0.3 is 20.6 Å². The number of hydrogen-bond donors (Lipinski definition) is 5. The number of alkyl halides is 3. The van der Waals surface area contributed by atoms with E-state index in [2.05, 4.69) is 10.6 Å². The quantitative estimate of drug-likeness (QED) is 0.220. The number of rotatable bonds is 10. The zero-order valence-corrected chi connectivity index (χ0v) is 18.1. The van der Waals surface area contributed by atoms with Gasteiger partial charge in [-0.15, -0.1) is 0 Å². The van der Waals surface area contributed by atoms with E-state index < -0.39 is 23.9 Å². The molecule has 0 aliphatic carbocycles. The molecule has 3 aromatic carbocycles. The molecule has 0 amide bonds. The smallest absolute Gasteiger partial charge is 0.417 e. The first-order chi connectivity index (χ1) is 16.1. The molecule has 0 saturated carbocycles. The molecule has 0 bridgehead atoms. The molecule has 0 aliphatic heterocycles. The molecule has 0 saturated heterocycles. The Labute approximate surface area is 194 Å². The molecule has 0 aromatic heterocycles. The van der Waals surface area contributed by atoms with Gasteiger partial charge in [-0.1, -0.05) is 54.6 Å². The molecule has 0 radical (unpaired) electrons. The van der Waals surface area contributed by atoms with Crippen LogP contribution in [0.2, 0.25) is 0 Å². The number of nitrogens with one attached hydrogen (secondary N) is 2. The third-order valence-corrected chi connectivity index (χ3v) is 5.23. The molecule has 3 aromatic rings. The number of para-hydroxylation sites is 1. The summed E-state index contributed by atoms with van der Waals surface area (Å²) < 4.78 is 41.2. The third kappa shape index (κ3) is 6.80. The summed E-state index contributed by atoms with van der Waals surface area (Å²) in [6.45, 7) is 1.08. The summed E-state index contributed by atoms with van der Waals surface area (Å²) in [5.41, 5.74) is 0.743. The first-order valence-corrected chi connectivity index (χ1v) is 10.6. The molecule has 5 N–H and O–H groups in total. The van der Waals surface area contributed by atoms with Gasteiger partial charge in [0.2, 0.25) is 0 Å². The van der Waals surface area contributed by atoms with E-state index in [4.69, 9.17) is 5.11 Å². The Morgan fingerprint density at radius 1 is 0.912 bits per heavy atom. The Hall–Kier alpha value is -3.40. The lowest BCUT2D eigenvalue weighted by molar-refractivity contribution is -0.138. The van der Waals surface area contributed by atoms with Crippen molar-refractivity contribution in [1.82, 2.24) is 10.6 Å². The zero-order valence-electron chi connectivity index (χ0n) is 18.1. The van der Waals surface area contributed by atoms with Crippen LogP contribution in [0.15, 0.2) is 66.7 Å². The van der Waals surface area contributed by atoms with Crippen molar-refractivity contribution in [2.45, 2.75) is 31.9 Å². The number of phenols is 1. The summed E-state index contributed by atoms with van der Waals surface area (Å²) in [5.74, 6) is -1.14. The average Bonchev–Trinajstić information content (AvgIpc) is 2.80. The first-order valence-electron chi connectivity index (χ1n) is 10.6. The highest BCUT2D eigenvalue weighted by atomic mass is 19.4. The average molecular weight is 474 g/mol. The number of aliphatic hydroxyl groups excluding tert-OH is 1. The van der Waals surface area contributed by atoms with Gasteiger partial charge in [0.05, 0.1) is 12.0 Å². The first kappa shape index (κ1) is 25.2. The van der Waals surface area contributed by atoms with Crippen molar-refractivity contribution in [2.75, 3.05) is 6.54 Å². The minimum absolute atomic E-state index is 0.0312. The molecular weight excluding hydrogens is 449 g/mol. The molecule has 0 heterocycles. The normalized spacial score (nSPS) is 12.5. The number of aromatic hydroxyl groups is 1. The number of carbonyl (C=O) groups is 1. The van der Waals surface area contributed by atoms with Crippen LogP contribution in [-0.4, -0.2) is 27.8 Å². The van der Waals surface area contributed by atoms with Crippen LogP contribution in [0.25, 0.3) is 11.1 Å². The number of phenolic OH excluding ortho intramolecular Hbond substituents is 1. The fourth-order valence-corrected chi connectivity index (χ4v) is 3.44. The van der Waals surface area contributed by atoms with Crippen molar-refractivity contribution in [3.8, 4) is 16.9 Å². The second-order valence-corrected chi connectivity index (χ2v) is 7.74. The van der Waals surface area contributed by atoms with E-state index in [-0.39, 0.29) is 35.4 Å². The standard InChI is InChI=1S/C25H25F3N2O4/c26-25(27,28)21-13-18(9-10-19(21)20-3-1-2-4-22(20)31)24(34)30-15-17-7-5-16(6-8-17)14-29-12-11-23(32)33/h1-10,13,24,29-31,34H,11-12,14-15H2,(H,32,33). The van der Waals surface area contributed by atoms with Crippen molar-refractivity contribution >= 4 is 5.97 Å². The second-order valence-electron chi connectivity index (χ2n) is 7.74. The van der Waals surface area contributed by atoms with Gasteiger partial charge in [-0.05, 0) is 34.4 Å². The molecule has 1 unspecified atom stereocenters. The number of carboxylic acids is 1. The predicted octanol–water partition coefficient (Wildman–Crippen LogP) is 4.42. The van der Waals surface area contributed by atoms with E-state index in [9.17, 15) is 28.2 Å². The van der Waals surface area contributed by atoms with Gasteiger partial charge in [-0.3, -0.25) is 10.1 Å². The van der Waals surface area contributed by atoms with Gasteiger partial charge in [0.15, 0.2) is 0 Å². The number of hydrogen-bond acceptors (Lipinski definition) is 5. The molecule has 9 heteroatoms.